The van der Waals surface area contributed by atoms with E-state index in [-0.39, 0.29) is 5.78 Å². The lowest BCUT2D eigenvalue weighted by Gasteiger charge is -2.34. The van der Waals surface area contributed by atoms with E-state index in [0.717, 1.165) is 5.13 Å². The molecular weight excluding hydrogens is 306 g/mol. The summed E-state index contributed by atoms with van der Waals surface area (Å²) in [5, 5.41) is 9.96. The van der Waals surface area contributed by atoms with Crippen LogP contribution >= 0.6 is 11.3 Å². The Kier molecular flexibility index (Phi) is 3.62. The van der Waals surface area contributed by atoms with Crippen molar-refractivity contribution < 1.29 is 4.79 Å². The van der Waals surface area contributed by atoms with Gasteiger partial charge >= 0.3 is 0 Å². The maximum atomic E-state index is 12.6. The molecule has 2 aromatic rings. The first kappa shape index (κ1) is 14.4. The SMILES string of the molecule is N#Cc1cccc(C(=O)c2cnc(N3C4CCCC3CC4)s2)c1. The van der Waals surface area contributed by atoms with Gasteiger partial charge in [0.2, 0.25) is 5.78 Å². The number of carbonyl (C=O) groups is 1. The Labute approximate surface area is 139 Å². The van der Waals surface area contributed by atoms with Crippen LogP contribution in [0.4, 0.5) is 5.13 Å². The zero-order chi connectivity index (χ0) is 15.8. The van der Waals surface area contributed by atoms with Crippen LogP contribution in [0.5, 0.6) is 0 Å². The number of fused-ring (bicyclic) bond motifs is 2. The summed E-state index contributed by atoms with van der Waals surface area (Å²) in [7, 11) is 0. The van der Waals surface area contributed by atoms with E-state index in [2.05, 4.69) is 16.0 Å². The van der Waals surface area contributed by atoms with Crippen LogP contribution in [0.15, 0.2) is 30.5 Å². The van der Waals surface area contributed by atoms with Gasteiger partial charge in [0, 0.05) is 17.6 Å². The summed E-state index contributed by atoms with van der Waals surface area (Å²) < 4.78 is 0. The minimum atomic E-state index is -0.0461. The monoisotopic (exact) mass is 323 g/mol. The Bertz CT molecular complexity index is 776. The highest BCUT2D eigenvalue weighted by atomic mass is 32.1. The summed E-state index contributed by atoms with van der Waals surface area (Å²) in [6.07, 6.45) is 7.97. The summed E-state index contributed by atoms with van der Waals surface area (Å²) in [5.74, 6) is -0.0461. The second-order valence-corrected chi connectivity index (χ2v) is 7.26. The van der Waals surface area contributed by atoms with E-state index in [1.54, 1.807) is 30.5 Å². The standard InChI is InChI=1S/C18H17N3OS/c19-10-12-3-1-4-13(9-12)17(22)16-11-20-18(23-16)21-14-5-2-6-15(21)8-7-14/h1,3-4,9,11,14-15H,2,5-8H2. The summed E-state index contributed by atoms with van der Waals surface area (Å²) in [4.78, 5) is 20.3. The van der Waals surface area contributed by atoms with E-state index in [9.17, 15) is 4.79 Å². The Balaban J connectivity index is 1.60. The zero-order valence-corrected chi connectivity index (χ0v) is 13.6. The molecule has 0 aliphatic carbocycles. The summed E-state index contributed by atoms with van der Waals surface area (Å²) in [5.41, 5.74) is 1.07. The molecule has 0 amide bonds. The van der Waals surface area contributed by atoms with Crippen molar-refractivity contribution in [2.24, 2.45) is 0 Å². The lowest BCUT2D eigenvalue weighted by atomic mass is 10.0. The van der Waals surface area contributed by atoms with Gasteiger partial charge in [-0.05, 0) is 44.2 Å². The van der Waals surface area contributed by atoms with Crippen molar-refractivity contribution >= 4 is 22.3 Å². The highest BCUT2D eigenvalue weighted by Gasteiger charge is 2.38. The van der Waals surface area contributed by atoms with Gasteiger partial charge in [0.1, 0.15) is 0 Å². The number of anilines is 1. The van der Waals surface area contributed by atoms with Gasteiger partial charge in [-0.15, -0.1) is 0 Å². The second-order valence-electron chi connectivity index (χ2n) is 6.25. The Morgan fingerprint density at radius 2 is 2.04 bits per heavy atom. The molecule has 23 heavy (non-hydrogen) atoms. The van der Waals surface area contributed by atoms with Crippen molar-refractivity contribution in [3.63, 3.8) is 0 Å². The number of thiazole rings is 1. The van der Waals surface area contributed by atoms with E-state index in [4.69, 9.17) is 5.26 Å². The fraction of sp³-hybridized carbons (Fsp3) is 0.389. The fourth-order valence-electron chi connectivity index (χ4n) is 3.79. The number of aromatic nitrogens is 1. The third kappa shape index (κ3) is 2.53. The molecule has 0 radical (unpaired) electrons. The fourth-order valence-corrected chi connectivity index (χ4v) is 4.81. The number of ketones is 1. The third-order valence-corrected chi connectivity index (χ3v) is 5.90. The van der Waals surface area contributed by atoms with E-state index in [1.165, 1.54) is 43.4 Å². The minimum Gasteiger partial charge on any atom is -0.342 e. The summed E-state index contributed by atoms with van der Waals surface area (Å²) in [6, 6.07) is 10.1. The first-order valence-corrected chi connectivity index (χ1v) is 8.87. The quantitative estimate of drug-likeness (QED) is 0.807. The van der Waals surface area contributed by atoms with Gasteiger partial charge in [0.05, 0.1) is 22.7 Å². The van der Waals surface area contributed by atoms with Crippen LogP contribution in [-0.2, 0) is 0 Å². The van der Waals surface area contributed by atoms with E-state index in [1.807, 2.05) is 0 Å². The van der Waals surface area contributed by atoms with E-state index >= 15 is 0 Å². The summed E-state index contributed by atoms with van der Waals surface area (Å²) >= 11 is 1.49. The molecule has 0 spiro atoms. The van der Waals surface area contributed by atoms with Crippen molar-refractivity contribution in [3.8, 4) is 6.07 Å². The maximum Gasteiger partial charge on any atom is 0.204 e. The molecule has 5 heteroatoms. The number of rotatable bonds is 3. The van der Waals surface area contributed by atoms with Crippen molar-refractivity contribution in [2.75, 3.05) is 4.90 Å². The first-order chi connectivity index (χ1) is 11.3. The smallest absolute Gasteiger partial charge is 0.204 e. The average Bonchev–Trinajstić information content (AvgIpc) is 3.16. The van der Waals surface area contributed by atoms with Crippen LogP contribution < -0.4 is 4.90 Å². The van der Waals surface area contributed by atoms with Crippen LogP contribution in [0.1, 0.15) is 52.9 Å². The van der Waals surface area contributed by atoms with Gasteiger partial charge in [-0.3, -0.25) is 4.79 Å². The van der Waals surface area contributed by atoms with Gasteiger partial charge in [-0.2, -0.15) is 5.26 Å². The number of nitrogens with zero attached hydrogens (tertiary/aromatic N) is 3. The molecule has 2 unspecified atom stereocenters. The number of hydrogen-bond donors (Lipinski definition) is 0. The molecule has 2 aliphatic rings. The first-order valence-electron chi connectivity index (χ1n) is 8.05. The van der Waals surface area contributed by atoms with Crippen LogP contribution in [-0.4, -0.2) is 22.9 Å². The molecule has 2 aliphatic heterocycles. The predicted octanol–water partition coefficient (Wildman–Crippen LogP) is 3.77. The second kappa shape index (κ2) is 5.78. The molecule has 2 fully saturated rings. The lowest BCUT2D eigenvalue weighted by molar-refractivity contribution is 0.104. The van der Waals surface area contributed by atoms with Gasteiger partial charge in [0.25, 0.3) is 0 Å². The molecule has 2 atom stereocenters. The van der Waals surface area contributed by atoms with Gasteiger partial charge in [0.15, 0.2) is 5.13 Å². The Morgan fingerprint density at radius 1 is 1.26 bits per heavy atom. The molecule has 0 saturated carbocycles. The Hall–Kier alpha value is -2.19. The zero-order valence-electron chi connectivity index (χ0n) is 12.7. The molecule has 3 heterocycles. The van der Waals surface area contributed by atoms with Gasteiger partial charge in [-0.1, -0.05) is 23.5 Å². The highest BCUT2D eigenvalue weighted by Crippen LogP contribution is 2.40. The number of nitriles is 1. The van der Waals surface area contributed by atoms with Crippen molar-refractivity contribution in [1.29, 1.82) is 5.26 Å². The van der Waals surface area contributed by atoms with Crippen LogP contribution in [0, 0.1) is 11.3 Å². The van der Waals surface area contributed by atoms with Crippen LogP contribution in [0.2, 0.25) is 0 Å². The molecule has 116 valence electrons. The Morgan fingerprint density at radius 3 is 2.78 bits per heavy atom. The summed E-state index contributed by atoms with van der Waals surface area (Å²) in [6.45, 7) is 0. The van der Waals surface area contributed by atoms with Crippen molar-refractivity contribution in [1.82, 2.24) is 4.98 Å². The largest absolute Gasteiger partial charge is 0.342 e. The van der Waals surface area contributed by atoms with Crippen molar-refractivity contribution in [3.05, 3.63) is 46.5 Å². The number of piperidine rings is 1. The molecule has 2 saturated heterocycles. The topological polar surface area (TPSA) is 57.0 Å². The van der Waals surface area contributed by atoms with E-state index < -0.39 is 0 Å². The molecule has 2 bridgehead atoms. The van der Waals surface area contributed by atoms with Crippen LogP contribution in [0.3, 0.4) is 0 Å². The minimum absolute atomic E-state index is 0.0461. The van der Waals surface area contributed by atoms with Gasteiger partial charge in [-0.25, -0.2) is 4.98 Å². The normalized spacial score (nSPS) is 22.8. The number of carbonyl (C=O) groups excluding carboxylic acids is 1. The predicted molar refractivity (Wildman–Crippen MR) is 89.8 cm³/mol. The van der Waals surface area contributed by atoms with Crippen LogP contribution in [0.25, 0.3) is 0 Å². The average molecular weight is 323 g/mol. The van der Waals surface area contributed by atoms with Gasteiger partial charge < -0.3 is 4.90 Å². The third-order valence-electron chi connectivity index (χ3n) is 4.89. The van der Waals surface area contributed by atoms with Crippen molar-refractivity contribution in [2.45, 2.75) is 44.2 Å². The molecule has 1 aromatic carbocycles. The molecular formula is C18H17N3OS. The molecule has 4 nitrogen and oxygen atoms in total. The van der Waals surface area contributed by atoms with E-state index in [0.29, 0.717) is 28.1 Å². The molecule has 4 rings (SSSR count). The molecule has 0 N–H and O–H groups in total. The lowest BCUT2D eigenvalue weighted by Crippen LogP contribution is -2.39. The highest BCUT2D eigenvalue weighted by molar-refractivity contribution is 7.17. The number of benzene rings is 1. The maximum absolute atomic E-state index is 12.6. The number of hydrogen-bond acceptors (Lipinski definition) is 5. The molecule has 1 aromatic heterocycles.